The highest BCUT2D eigenvalue weighted by Crippen LogP contribution is 2.21. The average Bonchev–Trinajstić information content (AvgIpc) is 3.07. The van der Waals surface area contributed by atoms with Gasteiger partial charge in [0, 0.05) is 24.3 Å². The molecule has 0 spiro atoms. The molecule has 0 unspecified atom stereocenters. The lowest BCUT2D eigenvalue weighted by Gasteiger charge is -2.07. The van der Waals surface area contributed by atoms with Gasteiger partial charge in [-0.1, -0.05) is 35.2 Å². The van der Waals surface area contributed by atoms with Crippen molar-refractivity contribution >= 4 is 32.8 Å². The van der Waals surface area contributed by atoms with Gasteiger partial charge in [-0.15, -0.1) is 0 Å². The summed E-state index contributed by atoms with van der Waals surface area (Å²) in [5, 5.41) is 6.26. The zero-order valence-corrected chi connectivity index (χ0v) is 16.2. The first kappa shape index (κ1) is 18.6. The van der Waals surface area contributed by atoms with Crippen molar-refractivity contribution in [2.75, 3.05) is 11.1 Å². The summed E-state index contributed by atoms with van der Waals surface area (Å²) in [7, 11) is 0. The van der Waals surface area contributed by atoms with Gasteiger partial charge in [-0.3, -0.25) is 4.98 Å². The Hall–Kier alpha value is -2.22. The van der Waals surface area contributed by atoms with E-state index in [0.717, 1.165) is 34.9 Å². The number of ether oxygens (including phenoxy) is 1. The van der Waals surface area contributed by atoms with Crippen LogP contribution in [0, 0.1) is 0 Å². The van der Waals surface area contributed by atoms with Crippen LogP contribution >= 0.6 is 15.9 Å². The quantitative estimate of drug-likeness (QED) is 0.398. The van der Waals surface area contributed by atoms with E-state index < -0.39 is 0 Å². The molecule has 3 aromatic rings. The third-order valence-electron chi connectivity index (χ3n) is 4.13. The Bertz CT molecular complexity index is 823. The highest BCUT2D eigenvalue weighted by Gasteiger charge is 2.12. The van der Waals surface area contributed by atoms with Gasteiger partial charge >= 0.3 is 6.01 Å². The average molecular weight is 419 g/mol. The van der Waals surface area contributed by atoms with Crippen LogP contribution in [0.3, 0.4) is 0 Å². The molecule has 7 nitrogen and oxygen atoms in total. The molecule has 3 heterocycles. The number of pyridine rings is 1. The molecule has 0 radical (unpaired) electrons. The van der Waals surface area contributed by atoms with Gasteiger partial charge in [-0.05, 0) is 30.5 Å². The van der Waals surface area contributed by atoms with Crippen LogP contribution in [0.25, 0.3) is 11.0 Å². The van der Waals surface area contributed by atoms with Crippen molar-refractivity contribution in [2.45, 2.75) is 45.3 Å². The predicted molar refractivity (Wildman–Crippen MR) is 105 cm³/mol. The van der Waals surface area contributed by atoms with E-state index in [0.29, 0.717) is 12.4 Å². The third-order valence-corrected chi connectivity index (χ3v) is 4.69. The first-order valence-electron chi connectivity index (χ1n) is 8.84. The van der Waals surface area contributed by atoms with Gasteiger partial charge in [0.1, 0.15) is 12.4 Å². The molecule has 0 aliphatic heterocycles. The molecule has 0 aromatic carbocycles. The molecule has 8 heteroatoms. The molecule has 26 heavy (non-hydrogen) atoms. The SMILES string of the molecule is Nc1nc(OCc2ccncc2)nc2c1cnn2CCCCCCCBr. The van der Waals surface area contributed by atoms with E-state index in [9.17, 15) is 0 Å². The summed E-state index contributed by atoms with van der Waals surface area (Å²) >= 11 is 3.46. The van der Waals surface area contributed by atoms with Gasteiger partial charge in [0.2, 0.25) is 0 Å². The van der Waals surface area contributed by atoms with Gasteiger partial charge < -0.3 is 10.5 Å². The number of fused-ring (bicyclic) bond motifs is 1. The predicted octanol–water partition coefficient (Wildman–Crippen LogP) is 3.73. The normalized spacial score (nSPS) is 11.1. The molecule has 0 atom stereocenters. The third kappa shape index (κ3) is 4.91. The van der Waals surface area contributed by atoms with E-state index in [2.05, 4.69) is 36.0 Å². The fourth-order valence-electron chi connectivity index (χ4n) is 2.70. The molecular formula is C18H23BrN6O. The maximum atomic E-state index is 6.05. The molecule has 0 saturated heterocycles. The van der Waals surface area contributed by atoms with E-state index >= 15 is 0 Å². The zero-order valence-electron chi connectivity index (χ0n) is 14.6. The fraction of sp³-hybridized carbons (Fsp3) is 0.444. The lowest BCUT2D eigenvalue weighted by Crippen LogP contribution is -2.05. The first-order chi connectivity index (χ1) is 12.8. The number of nitrogen functional groups attached to an aromatic ring is 1. The molecule has 0 fully saturated rings. The number of hydrogen-bond acceptors (Lipinski definition) is 6. The summed E-state index contributed by atoms with van der Waals surface area (Å²) in [5.41, 5.74) is 7.77. The van der Waals surface area contributed by atoms with Crippen molar-refractivity contribution in [1.82, 2.24) is 24.7 Å². The summed E-state index contributed by atoms with van der Waals surface area (Å²) in [5.74, 6) is 0.392. The van der Waals surface area contributed by atoms with Crippen LogP contribution in [0.5, 0.6) is 6.01 Å². The van der Waals surface area contributed by atoms with E-state index in [-0.39, 0.29) is 6.01 Å². The number of rotatable bonds is 10. The Balaban J connectivity index is 1.64. The van der Waals surface area contributed by atoms with E-state index in [1.54, 1.807) is 18.6 Å². The second-order valence-corrected chi connectivity index (χ2v) is 6.89. The van der Waals surface area contributed by atoms with Crippen molar-refractivity contribution in [3.63, 3.8) is 0 Å². The first-order valence-corrected chi connectivity index (χ1v) is 9.97. The number of alkyl halides is 1. The maximum Gasteiger partial charge on any atom is 0.320 e. The summed E-state index contributed by atoms with van der Waals surface area (Å²) in [4.78, 5) is 12.7. The Morgan fingerprint density at radius 3 is 2.62 bits per heavy atom. The minimum atomic E-state index is 0.269. The van der Waals surface area contributed by atoms with Crippen LogP contribution in [-0.4, -0.2) is 30.1 Å². The Morgan fingerprint density at radius 1 is 1.04 bits per heavy atom. The smallest absolute Gasteiger partial charge is 0.320 e. The lowest BCUT2D eigenvalue weighted by atomic mass is 10.1. The largest absolute Gasteiger partial charge is 0.458 e. The second kappa shape index (κ2) is 9.47. The summed E-state index contributed by atoms with van der Waals surface area (Å²) in [6, 6.07) is 4.05. The molecular weight excluding hydrogens is 396 g/mol. The number of nitrogens with two attached hydrogens (primary N) is 1. The number of hydrogen-bond donors (Lipinski definition) is 1. The Kier molecular flexibility index (Phi) is 6.76. The molecule has 0 bridgehead atoms. The van der Waals surface area contributed by atoms with Crippen LogP contribution in [-0.2, 0) is 13.2 Å². The molecule has 0 aliphatic rings. The lowest BCUT2D eigenvalue weighted by molar-refractivity contribution is 0.282. The number of halogens is 1. The summed E-state index contributed by atoms with van der Waals surface area (Å²) < 4.78 is 7.59. The Morgan fingerprint density at radius 2 is 1.81 bits per heavy atom. The molecule has 2 N–H and O–H groups in total. The second-order valence-electron chi connectivity index (χ2n) is 6.10. The van der Waals surface area contributed by atoms with Crippen LogP contribution in [0.2, 0.25) is 0 Å². The Labute approximate surface area is 161 Å². The van der Waals surface area contributed by atoms with Crippen LogP contribution in [0.4, 0.5) is 5.82 Å². The molecule has 0 saturated carbocycles. The number of nitrogens with zero attached hydrogens (tertiary/aromatic N) is 5. The van der Waals surface area contributed by atoms with Crippen molar-refractivity contribution in [2.24, 2.45) is 0 Å². The fourth-order valence-corrected chi connectivity index (χ4v) is 3.09. The zero-order chi connectivity index (χ0) is 18.2. The number of anilines is 1. The minimum absolute atomic E-state index is 0.269. The molecule has 3 rings (SSSR count). The highest BCUT2D eigenvalue weighted by molar-refractivity contribution is 9.09. The number of unbranched alkanes of at least 4 members (excludes halogenated alkanes) is 4. The molecule has 0 amide bonds. The van der Waals surface area contributed by atoms with Gasteiger partial charge in [0.25, 0.3) is 0 Å². The monoisotopic (exact) mass is 418 g/mol. The standard InChI is InChI=1S/C18H23BrN6O/c19-8-4-2-1-3-5-11-25-17-15(12-22-25)16(20)23-18(24-17)26-13-14-6-9-21-10-7-14/h6-7,9-10,12H,1-5,8,11,13H2,(H2,20,23,24). The summed E-state index contributed by atoms with van der Waals surface area (Å²) in [6.07, 6.45) is 11.1. The maximum absolute atomic E-state index is 6.05. The number of aryl methyl sites for hydroxylation is 1. The van der Waals surface area contributed by atoms with Crippen molar-refractivity contribution < 1.29 is 4.74 Å². The van der Waals surface area contributed by atoms with Gasteiger partial charge in [-0.25, -0.2) is 4.68 Å². The van der Waals surface area contributed by atoms with E-state index in [1.165, 1.54) is 25.7 Å². The van der Waals surface area contributed by atoms with E-state index in [4.69, 9.17) is 10.5 Å². The van der Waals surface area contributed by atoms with Crippen LogP contribution in [0.15, 0.2) is 30.7 Å². The highest BCUT2D eigenvalue weighted by atomic mass is 79.9. The van der Waals surface area contributed by atoms with Gasteiger partial charge in [0.05, 0.1) is 11.6 Å². The molecule has 0 aliphatic carbocycles. The number of aromatic nitrogens is 5. The molecule has 138 valence electrons. The van der Waals surface area contributed by atoms with E-state index in [1.807, 2.05) is 16.8 Å². The van der Waals surface area contributed by atoms with Crippen LogP contribution < -0.4 is 10.5 Å². The minimum Gasteiger partial charge on any atom is -0.458 e. The topological polar surface area (TPSA) is 91.7 Å². The molecule has 3 aromatic heterocycles. The van der Waals surface area contributed by atoms with Gasteiger partial charge in [-0.2, -0.15) is 15.1 Å². The van der Waals surface area contributed by atoms with Crippen LogP contribution in [0.1, 0.15) is 37.7 Å². The van der Waals surface area contributed by atoms with Crippen molar-refractivity contribution in [3.8, 4) is 6.01 Å². The summed E-state index contributed by atoms with van der Waals surface area (Å²) in [6.45, 7) is 1.19. The van der Waals surface area contributed by atoms with Crippen molar-refractivity contribution in [3.05, 3.63) is 36.3 Å². The van der Waals surface area contributed by atoms with Crippen molar-refractivity contribution in [1.29, 1.82) is 0 Å². The van der Waals surface area contributed by atoms with Gasteiger partial charge in [0.15, 0.2) is 5.65 Å².